The van der Waals surface area contributed by atoms with Gasteiger partial charge < -0.3 is 20.1 Å². The molecule has 1 atom stereocenters. The van der Waals surface area contributed by atoms with Gasteiger partial charge in [0.2, 0.25) is 5.91 Å². The van der Waals surface area contributed by atoms with Gasteiger partial charge in [-0.1, -0.05) is 0 Å². The Bertz CT molecular complexity index is 482. The first kappa shape index (κ1) is 13.5. The number of hydrogen-bond donors (Lipinski definition) is 1. The van der Waals surface area contributed by atoms with E-state index >= 15 is 0 Å². The van der Waals surface area contributed by atoms with Crippen molar-refractivity contribution in [2.24, 2.45) is 5.73 Å². The number of carbonyl (C=O) groups is 1. The summed E-state index contributed by atoms with van der Waals surface area (Å²) in [6, 6.07) is 4.14. The summed E-state index contributed by atoms with van der Waals surface area (Å²) in [6.07, 6.45) is 0.275. The molecule has 0 aliphatic carbocycles. The lowest BCUT2D eigenvalue weighted by Gasteiger charge is -2.18. The Balaban J connectivity index is 2.26. The summed E-state index contributed by atoms with van der Waals surface area (Å²) < 4.78 is 33.7. The Morgan fingerprint density at radius 1 is 1.42 bits per heavy atom. The van der Waals surface area contributed by atoms with E-state index in [0.717, 1.165) is 0 Å². The smallest absolute Gasteiger partial charge is 0.387 e. The number of ether oxygens (including phenoxy) is 2. The maximum absolute atomic E-state index is 12.2. The molecule has 1 amide bonds. The number of anilines is 1. The number of amides is 1. The lowest BCUT2D eigenvalue weighted by molar-refractivity contribution is -0.117. The lowest BCUT2D eigenvalue weighted by atomic mass is 10.2. The van der Waals surface area contributed by atoms with E-state index in [1.807, 2.05) is 0 Å². The third-order valence-corrected chi connectivity index (χ3v) is 2.83. The number of nitrogens with two attached hydrogens (primary N) is 1. The van der Waals surface area contributed by atoms with Crippen molar-refractivity contribution in [2.45, 2.75) is 19.1 Å². The van der Waals surface area contributed by atoms with Gasteiger partial charge in [0.25, 0.3) is 0 Å². The molecule has 1 aliphatic rings. The molecule has 2 N–H and O–H groups in total. The summed E-state index contributed by atoms with van der Waals surface area (Å²) in [7, 11) is 1.34. The number of methoxy groups -OCH3 is 1. The van der Waals surface area contributed by atoms with Crippen LogP contribution >= 0.6 is 0 Å². The fourth-order valence-corrected chi connectivity index (χ4v) is 2.00. The maximum atomic E-state index is 12.2. The number of rotatable bonds is 4. The van der Waals surface area contributed by atoms with Crippen molar-refractivity contribution in [3.05, 3.63) is 18.2 Å². The second-order valence-corrected chi connectivity index (χ2v) is 4.18. The van der Waals surface area contributed by atoms with Crippen molar-refractivity contribution in [1.29, 1.82) is 0 Å². The van der Waals surface area contributed by atoms with Gasteiger partial charge in [-0.25, -0.2) is 0 Å². The molecule has 0 aromatic heterocycles. The van der Waals surface area contributed by atoms with Crippen molar-refractivity contribution in [2.75, 3.05) is 18.6 Å². The molecule has 5 nitrogen and oxygen atoms in total. The molecular weight excluding hydrogens is 258 g/mol. The molecule has 0 radical (unpaired) electrons. The zero-order valence-corrected chi connectivity index (χ0v) is 10.3. The van der Waals surface area contributed by atoms with Crippen molar-refractivity contribution in [3.63, 3.8) is 0 Å². The number of hydrogen-bond acceptors (Lipinski definition) is 4. The van der Waals surface area contributed by atoms with Crippen LogP contribution in [0, 0.1) is 0 Å². The molecular formula is C12H14F2N2O3. The van der Waals surface area contributed by atoms with Gasteiger partial charge in [-0.2, -0.15) is 8.78 Å². The average molecular weight is 272 g/mol. The van der Waals surface area contributed by atoms with Gasteiger partial charge in [-0.15, -0.1) is 0 Å². The normalized spacial score (nSPS) is 19.1. The van der Waals surface area contributed by atoms with Gasteiger partial charge in [-0.3, -0.25) is 4.79 Å². The van der Waals surface area contributed by atoms with Gasteiger partial charge in [0, 0.05) is 30.8 Å². The summed E-state index contributed by atoms with van der Waals surface area (Å²) in [5, 5.41) is 0. The van der Waals surface area contributed by atoms with Crippen LogP contribution in [0.1, 0.15) is 6.42 Å². The highest BCUT2D eigenvalue weighted by Crippen LogP contribution is 2.34. The van der Waals surface area contributed by atoms with Gasteiger partial charge in [0.15, 0.2) is 11.5 Å². The third-order valence-electron chi connectivity index (χ3n) is 2.83. The van der Waals surface area contributed by atoms with Crippen molar-refractivity contribution in [3.8, 4) is 11.5 Å². The quantitative estimate of drug-likeness (QED) is 0.898. The first-order valence-electron chi connectivity index (χ1n) is 5.70. The SMILES string of the molecule is COc1cc(N2CC(N)CC2=O)ccc1OC(F)F. The van der Waals surface area contributed by atoms with Crippen LogP contribution in [-0.2, 0) is 4.79 Å². The summed E-state index contributed by atoms with van der Waals surface area (Å²) in [5.41, 5.74) is 6.25. The Labute approximate surface area is 108 Å². The van der Waals surface area contributed by atoms with Crippen LogP contribution in [0.2, 0.25) is 0 Å². The number of alkyl halides is 2. The zero-order chi connectivity index (χ0) is 14.0. The first-order valence-corrected chi connectivity index (χ1v) is 5.70. The predicted octanol–water partition coefficient (Wildman–Crippen LogP) is 1.36. The third kappa shape index (κ3) is 2.93. The molecule has 0 spiro atoms. The fourth-order valence-electron chi connectivity index (χ4n) is 2.00. The van der Waals surface area contributed by atoms with Crippen LogP contribution < -0.4 is 20.1 Å². The standard InChI is InChI=1S/C12H14F2N2O3/c1-18-10-5-8(2-3-9(10)19-12(13)14)16-6-7(15)4-11(16)17/h2-3,5,7,12H,4,6,15H2,1H3. The number of carbonyl (C=O) groups excluding carboxylic acids is 1. The largest absolute Gasteiger partial charge is 0.493 e. The molecule has 1 saturated heterocycles. The van der Waals surface area contributed by atoms with Gasteiger partial charge in [0.1, 0.15) is 0 Å². The van der Waals surface area contributed by atoms with Crippen LogP contribution in [0.3, 0.4) is 0 Å². The fraction of sp³-hybridized carbons (Fsp3) is 0.417. The minimum atomic E-state index is -2.93. The predicted molar refractivity (Wildman–Crippen MR) is 64.6 cm³/mol. The number of nitrogens with zero attached hydrogens (tertiary/aromatic N) is 1. The van der Waals surface area contributed by atoms with E-state index in [4.69, 9.17) is 10.5 Å². The highest BCUT2D eigenvalue weighted by Gasteiger charge is 2.28. The summed E-state index contributed by atoms with van der Waals surface area (Å²) in [5.74, 6) is -0.0275. The monoisotopic (exact) mass is 272 g/mol. The maximum Gasteiger partial charge on any atom is 0.387 e. The molecule has 1 aliphatic heterocycles. The molecule has 1 aromatic carbocycles. The van der Waals surface area contributed by atoms with Crippen LogP contribution in [0.4, 0.5) is 14.5 Å². The lowest BCUT2D eigenvalue weighted by Crippen LogP contribution is -2.27. The van der Waals surface area contributed by atoms with Crippen molar-refractivity contribution < 1.29 is 23.0 Å². The Kier molecular flexibility index (Phi) is 3.84. The van der Waals surface area contributed by atoms with Crippen LogP contribution in [0.25, 0.3) is 0 Å². The first-order chi connectivity index (χ1) is 9.01. The molecule has 1 heterocycles. The van der Waals surface area contributed by atoms with Gasteiger partial charge >= 0.3 is 6.61 Å². The van der Waals surface area contributed by atoms with Crippen molar-refractivity contribution >= 4 is 11.6 Å². The Morgan fingerprint density at radius 3 is 2.68 bits per heavy atom. The summed E-state index contributed by atoms with van der Waals surface area (Å²) in [4.78, 5) is 13.2. The van der Waals surface area contributed by atoms with Gasteiger partial charge in [0.05, 0.1) is 7.11 Å². The highest BCUT2D eigenvalue weighted by atomic mass is 19.3. The van der Waals surface area contributed by atoms with E-state index in [1.165, 1.54) is 30.2 Å². The summed E-state index contributed by atoms with van der Waals surface area (Å²) >= 11 is 0. The van der Waals surface area contributed by atoms with E-state index in [1.54, 1.807) is 0 Å². The Morgan fingerprint density at radius 2 is 2.16 bits per heavy atom. The highest BCUT2D eigenvalue weighted by molar-refractivity contribution is 5.96. The van der Waals surface area contributed by atoms with E-state index in [-0.39, 0.29) is 29.9 Å². The van der Waals surface area contributed by atoms with Gasteiger partial charge in [-0.05, 0) is 12.1 Å². The molecule has 104 valence electrons. The second kappa shape index (κ2) is 5.40. The average Bonchev–Trinajstić information content (AvgIpc) is 2.68. The number of benzene rings is 1. The minimum absolute atomic E-state index is 0.0720. The van der Waals surface area contributed by atoms with Crippen molar-refractivity contribution in [1.82, 2.24) is 0 Å². The molecule has 7 heteroatoms. The summed E-state index contributed by atoms with van der Waals surface area (Å²) in [6.45, 7) is -2.53. The van der Waals surface area contributed by atoms with Crippen LogP contribution in [0.5, 0.6) is 11.5 Å². The molecule has 2 rings (SSSR count). The van der Waals surface area contributed by atoms with E-state index in [9.17, 15) is 13.6 Å². The van der Waals surface area contributed by atoms with E-state index in [0.29, 0.717) is 12.2 Å². The number of halogens is 2. The minimum Gasteiger partial charge on any atom is -0.493 e. The Hall–Kier alpha value is -1.89. The second-order valence-electron chi connectivity index (χ2n) is 4.18. The molecule has 0 bridgehead atoms. The molecule has 0 saturated carbocycles. The zero-order valence-electron chi connectivity index (χ0n) is 10.3. The van der Waals surface area contributed by atoms with E-state index < -0.39 is 6.61 Å². The molecule has 19 heavy (non-hydrogen) atoms. The van der Waals surface area contributed by atoms with Crippen LogP contribution in [0.15, 0.2) is 18.2 Å². The van der Waals surface area contributed by atoms with Crippen LogP contribution in [-0.4, -0.2) is 32.2 Å². The molecule has 1 fully saturated rings. The molecule has 1 aromatic rings. The topological polar surface area (TPSA) is 64.8 Å². The van der Waals surface area contributed by atoms with E-state index in [2.05, 4.69) is 4.74 Å². The molecule has 1 unspecified atom stereocenters.